The van der Waals surface area contributed by atoms with Gasteiger partial charge in [0.25, 0.3) is 0 Å². The maximum atomic E-state index is 5.20. The quantitative estimate of drug-likeness (QED) is 0.203. The van der Waals surface area contributed by atoms with Crippen LogP contribution in [0.25, 0.3) is 0 Å². The van der Waals surface area contributed by atoms with Crippen LogP contribution in [-0.2, 0) is 4.74 Å². The summed E-state index contributed by atoms with van der Waals surface area (Å²) in [6.45, 7) is 6.90. The Kier molecular flexibility index (Phi) is 17.0. The molecule has 0 rings (SSSR count). The highest BCUT2D eigenvalue weighted by molar-refractivity contribution is 14.0. The number of nitrogens with zero attached hydrogens (tertiary/aromatic N) is 2. The molecule has 0 aromatic heterocycles. The average Bonchev–Trinajstić information content (AvgIpc) is 2.38. The van der Waals surface area contributed by atoms with E-state index >= 15 is 0 Å². The summed E-state index contributed by atoms with van der Waals surface area (Å²) in [5.41, 5.74) is 0. The van der Waals surface area contributed by atoms with E-state index in [0.29, 0.717) is 6.54 Å². The molecule has 0 unspecified atom stereocenters. The molecule has 19 heavy (non-hydrogen) atoms. The third kappa shape index (κ3) is 13.7. The van der Waals surface area contributed by atoms with Crippen molar-refractivity contribution >= 4 is 29.9 Å². The molecule has 5 nitrogen and oxygen atoms in total. The zero-order chi connectivity index (χ0) is 13.6. The Hall–Kier alpha value is -0.520. The number of rotatable bonds is 9. The number of hydrogen-bond donors (Lipinski definition) is 2. The Morgan fingerprint density at radius 3 is 2.68 bits per heavy atom. The zero-order valence-electron chi connectivity index (χ0n) is 12.2. The van der Waals surface area contributed by atoms with Crippen molar-refractivity contribution in [2.45, 2.75) is 13.3 Å². The predicted octanol–water partition coefficient (Wildman–Crippen LogP) is 0.761. The summed E-state index contributed by atoms with van der Waals surface area (Å²) in [6.07, 6.45) is 6.22. The van der Waals surface area contributed by atoms with Crippen molar-refractivity contribution in [3.8, 4) is 12.3 Å². The number of nitrogens with one attached hydrogen (secondary N) is 2. The smallest absolute Gasteiger partial charge is 0.192 e. The minimum Gasteiger partial charge on any atom is -0.383 e. The SMILES string of the molecule is C#CCNC(=NCCCN(C)CCOC)NCC.I. The Morgan fingerprint density at radius 1 is 1.37 bits per heavy atom. The maximum absolute atomic E-state index is 5.20. The van der Waals surface area contributed by atoms with Gasteiger partial charge in [0.2, 0.25) is 0 Å². The molecule has 0 heterocycles. The van der Waals surface area contributed by atoms with Crippen LogP contribution in [0.15, 0.2) is 4.99 Å². The number of terminal acetylenes is 1. The molecule has 0 atom stereocenters. The molecule has 112 valence electrons. The summed E-state index contributed by atoms with van der Waals surface area (Å²) >= 11 is 0. The fraction of sp³-hybridized carbons (Fsp3) is 0.769. The van der Waals surface area contributed by atoms with Crippen molar-refractivity contribution in [2.75, 3.05) is 53.5 Å². The summed E-state index contributed by atoms with van der Waals surface area (Å²) in [7, 11) is 3.81. The van der Waals surface area contributed by atoms with Crippen LogP contribution in [0.4, 0.5) is 0 Å². The lowest BCUT2D eigenvalue weighted by atomic mass is 10.4. The van der Waals surface area contributed by atoms with E-state index < -0.39 is 0 Å². The fourth-order valence-electron chi connectivity index (χ4n) is 1.37. The molecule has 0 fully saturated rings. The molecule has 0 radical (unpaired) electrons. The first-order valence-corrected chi connectivity index (χ1v) is 6.37. The maximum Gasteiger partial charge on any atom is 0.192 e. The van der Waals surface area contributed by atoms with Crippen LogP contribution >= 0.6 is 24.0 Å². The molecule has 0 spiro atoms. The Balaban J connectivity index is 0. The molecule has 0 saturated heterocycles. The van der Waals surface area contributed by atoms with Gasteiger partial charge in [-0.2, -0.15) is 0 Å². The van der Waals surface area contributed by atoms with Crippen molar-refractivity contribution in [1.29, 1.82) is 0 Å². The molecular weight excluding hydrogens is 355 g/mol. The van der Waals surface area contributed by atoms with Crippen molar-refractivity contribution < 1.29 is 4.74 Å². The monoisotopic (exact) mass is 382 g/mol. The molecule has 2 N–H and O–H groups in total. The lowest BCUT2D eigenvalue weighted by molar-refractivity contribution is 0.161. The highest BCUT2D eigenvalue weighted by atomic mass is 127. The highest BCUT2D eigenvalue weighted by Crippen LogP contribution is 1.88. The van der Waals surface area contributed by atoms with E-state index in [-0.39, 0.29) is 24.0 Å². The van der Waals surface area contributed by atoms with Gasteiger partial charge in [-0.25, -0.2) is 0 Å². The first-order valence-electron chi connectivity index (χ1n) is 6.37. The van der Waals surface area contributed by atoms with E-state index in [0.717, 1.165) is 45.2 Å². The van der Waals surface area contributed by atoms with Gasteiger partial charge in [-0.15, -0.1) is 30.4 Å². The van der Waals surface area contributed by atoms with E-state index in [9.17, 15) is 0 Å². The number of aliphatic imine (C=N–C) groups is 1. The van der Waals surface area contributed by atoms with Crippen LogP contribution in [0, 0.1) is 12.3 Å². The number of halogens is 1. The van der Waals surface area contributed by atoms with Crippen molar-refractivity contribution in [1.82, 2.24) is 15.5 Å². The van der Waals surface area contributed by atoms with Gasteiger partial charge in [-0.05, 0) is 26.9 Å². The summed E-state index contributed by atoms with van der Waals surface area (Å²) in [4.78, 5) is 6.68. The second-order valence-electron chi connectivity index (χ2n) is 3.97. The second-order valence-corrected chi connectivity index (χ2v) is 3.97. The van der Waals surface area contributed by atoms with Gasteiger partial charge in [0.15, 0.2) is 5.96 Å². The minimum absolute atomic E-state index is 0. The molecule has 0 aromatic rings. The summed E-state index contributed by atoms with van der Waals surface area (Å²) in [5.74, 6) is 3.32. The Bertz CT molecular complexity index is 266. The third-order valence-electron chi connectivity index (χ3n) is 2.35. The molecule has 0 saturated carbocycles. The van der Waals surface area contributed by atoms with E-state index in [2.05, 4.69) is 33.5 Å². The number of ether oxygens (including phenoxy) is 1. The van der Waals surface area contributed by atoms with Crippen LogP contribution in [0.5, 0.6) is 0 Å². The number of guanidine groups is 1. The fourth-order valence-corrected chi connectivity index (χ4v) is 1.37. The third-order valence-corrected chi connectivity index (χ3v) is 2.35. The summed E-state index contributed by atoms with van der Waals surface area (Å²) < 4.78 is 5.03. The predicted molar refractivity (Wildman–Crippen MR) is 92.2 cm³/mol. The van der Waals surface area contributed by atoms with E-state index in [1.807, 2.05) is 6.92 Å². The minimum atomic E-state index is 0. The topological polar surface area (TPSA) is 48.9 Å². The number of hydrogen-bond acceptors (Lipinski definition) is 3. The van der Waals surface area contributed by atoms with Gasteiger partial charge in [0.05, 0.1) is 13.2 Å². The van der Waals surface area contributed by atoms with Crippen LogP contribution in [0.1, 0.15) is 13.3 Å². The Morgan fingerprint density at radius 2 is 2.11 bits per heavy atom. The largest absolute Gasteiger partial charge is 0.383 e. The van der Waals surface area contributed by atoms with Crippen LogP contribution in [0.3, 0.4) is 0 Å². The summed E-state index contributed by atoms with van der Waals surface area (Å²) in [5, 5.41) is 6.21. The van der Waals surface area contributed by atoms with Crippen molar-refractivity contribution in [2.24, 2.45) is 4.99 Å². The lowest BCUT2D eigenvalue weighted by Crippen LogP contribution is -2.37. The van der Waals surface area contributed by atoms with Crippen LogP contribution in [0.2, 0.25) is 0 Å². The van der Waals surface area contributed by atoms with Gasteiger partial charge in [0.1, 0.15) is 0 Å². The second kappa shape index (κ2) is 15.5. The Labute approximate surface area is 134 Å². The number of methoxy groups -OCH3 is 1. The van der Waals surface area contributed by atoms with Crippen LogP contribution in [-0.4, -0.2) is 64.3 Å². The molecule has 0 aliphatic heterocycles. The molecule has 0 aromatic carbocycles. The lowest BCUT2D eigenvalue weighted by Gasteiger charge is -2.15. The standard InChI is InChI=1S/C13H26N4O.HI/c1-5-8-15-13(14-6-2)16-9-7-10-17(3)11-12-18-4;/h1H,6-12H2,2-4H3,(H2,14,15,16);1H. The van der Waals surface area contributed by atoms with Crippen molar-refractivity contribution in [3.63, 3.8) is 0 Å². The molecule has 6 heteroatoms. The van der Waals surface area contributed by atoms with Crippen molar-refractivity contribution in [3.05, 3.63) is 0 Å². The van der Waals surface area contributed by atoms with Gasteiger partial charge in [-0.1, -0.05) is 5.92 Å². The molecule has 0 aliphatic rings. The normalized spacial score (nSPS) is 10.8. The van der Waals surface area contributed by atoms with E-state index in [1.54, 1.807) is 7.11 Å². The van der Waals surface area contributed by atoms with E-state index in [4.69, 9.17) is 11.2 Å². The molecule has 0 bridgehead atoms. The van der Waals surface area contributed by atoms with Gasteiger partial charge < -0.3 is 20.3 Å². The van der Waals surface area contributed by atoms with Gasteiger partial charge in [-0.3, -0.25) is 4.99 Å². The van der Waals surface area contributed by atoms with Crippen LogP contribution < -0.4 is 10.6 Å². The van der Waals surface area contributed by atoms with E-state index in [1.165, 1.54) is 0 Å². The highest BCUT2D eigenvalue weighted by Gasteiger charge is 1.98. The average molecular weight is 382 g/mol. The van der Waals surface area contributed by atoms with Gasteiger partial charge >= 0.3 is 0 Å². The first-order chi connectivity index (χ1) is 8.74. The zero-order valence-corrected chi connectivity index (χ0v) is 14.6. The molecule has 0 amide bonds. The first kappa shape index (κ1) is 20.8. The van der Waals surface area contributed by atoms with Gasteiger partial charge in [0, 0.05) is 26.7 Å². The summed E-state index contributed by atoms with van der Waals surface area (Å²) in [6, 6.07) is 0. The number of likely N-dealkylation sites (N-methyl/N-ethyl adjacent to an activating group) is 1. The molecular formula is C13H27IN4O. The molecule has 0 aliphatic carbocycles.